The van der Waals surface area contributed by atoms with Crippen LogP contribution < -0.4 is 0 Å². The van der Waals surface area contributed by atoms with Crippen LogP contribution in [0.1, 0.15) is 36.1 Å². The molecule has 0 fully saturated rings. The summed E-state index contributed by atoms with van der Waals surface area (Å²) < 4.78 is 0.958. The van der Waals surface area contributed by atoms with E-state index in [2.05, 4.69) is 47.1 Å². The fourth-order valence-corrected chi connectivity index (χ4v) is 2.39. The topological polar surface area (TPSA) is 23.8 Å². The lowest BCUT2D eigenvalue weighted by molar-refractivity contribution is 1.15. The Morgan fingerprint density at radius 3 is 2.42 bits per heavy atom. The number of rotatable bonds is 2. The molecular weight excluding hydrogens is 298 g/mol. The predicted octanol–water partition coefficient (Wildman–Crippen LogP) is 5.25. The first-order valence-corrected chi connectivity index (χ1v) is 7.22. The van der Waals surface area contributed by atoms with E-state index in [4.69, 9.17) is 5.26 Å². The second kappa shape index (κ2) is 7.76. The first-order chi connectivity index (χ1) is 9.19. The van der Waals surface area contributed by atoms with Crippen LogP contribution in [0.15, 0.2) is 46.9 Å². The Bertz CT molecular complexity index is 582. The molecule has 0 bridgehead atoms. The van der Waals surface area contributed by atoms with E-state index < -0.39 is 0 Å². The third kappa shape index (κ3) is 4.54. The first kappa shape index (κ1) is 15.5. The zero-order valence-electron chi connectivity index (χ0n) is 11.6. The molecule has 0 atom stereocenters. The van der Waals surface area contributed by atoms with Gasteiger partial charge in [-0.25, -0.2) is 0 Å². The van der Waals surface area contributed by atoms with Gasteiger partial charge in [0, 0.05) is 4.47 Å². The van der Waals surface area contributed by atoms with E-state index in [1.165, 1.54) is 11.1 Å². The van der Waals surface area contributed by atoms with E-state index in [-0.39, 0.29) is 0 Å². The van der Waals surface area contributed by atoms with Crippen LogP contribution in [-0.2, 0) is 6.42 Å². The molecule has 2 aromatic rings. The van der Waals surface area contributed by atoms with Crippen molar-refractivity contribution in [1.29, 1.82) is 5.26 Å². The van der Waals surface area contributed by atoms with Crippen molar-refractivity contribution in [2.75, 3.05) is 0 Å². The molecule has 0 heterocycles. The molecule has 1 nitrogen and oxygen atoms in total. The summed E-state index contributed by atoms with van der Waals surface area (Å²) in [6.07, 6.45) is 0.862. The lowest BCUT2D eigenvalue weighted by Crippen LogP contribution is -1.92. The van der Waals surface area contributed by atoms with Gasteiger partial charge in [-0.3, -0.25) is 0 Å². The molecule has 0 N–H and O–H groups in total. The molecule has 0 aromatic heterocycles. The van der Waals surface area contributed by atoms with Gasteiger partial charge in [-0.15, -0.1) is 0 Å². The van der Waals surface area contributed by atoms with E-state index in [9.17, 15) is 0 Å². The van der Waals surface area contributed by atoms with Crippen LogP contribution in [0.5, 0.6) is 0 Å². The Hall–Kier alpha value is -1.59. The summed E-state index contributed by atoms with van der Waals surface area (Å²) in [5.74, 6) is 0. The molecule has 0 aliphatic rings. The largest absolute Gasteiger partial charge is 0.192 e. The molecule has 0 aliphatic heterocycles. The first-order valence-electron chi connectivity index (χ1n) is 6.43. The number of hydrogen-bond donors (Lipinski definition) is 0. The van der Waals surface area contributed by atoms with Crippen molar-refractivity contribution in [2.24, 2.45) is 0 Å². The molecule has 98 valence electrons. The van der Waals surface area contributed by atoms with Crippen LogP contribution in [0, 0.1) is 18.3 Å². The SMILES string of the molecule is CC.Cc1ccccc1Cc1cc(Br)cc(C#N)c1. The minimum Gasteiger partial charge on any atom is -0.192 e. The Morgan fingerprint density at radius 1 is 1.11 bits per heavy atom. The highest BCUT2D eigenvalue weighted by molar-refractivity contribution is 9.10. The zero-order chi connectivity index (χ0) is 14.3. The van der Waals surface area contributed by atoms with Crippen LogP contribution in [0.2, 0.25) is 0 Å². The molecule has 0 amide bonds. The normalized spacial score (nSPS) is 9.21. The summed E-state index contributed by atoms with van der Waals surface area (Å²) >= 11 is 3.43. The van der Waals surface area contributed by atoms with Gasteiger partial charge in [0.2, 0.25) is 0 Å². The van der Waals surface area contributed by atoms with Gasteiger partial charge < -0.3 is 0 Å². The second-order valence-corrected chi connectivity index (χ2v) is 4.98. The van der Waals surface area contributed by atoms with Crippen LogP contribution in [0.3, 0.4) is 0 Å². The highest BCUT2D eigenvalue weighted by Gasteiger charge is 2.02. The van der Waals surface area contributed by atoms with Gasteiger partial charge in [-0.2, -0.15) is 5.26 Å². The van der Waals surface area contributed by atoms with E-state index in [1.807, 2.05) is 38.1 Å². The standard InChI is InChI=1S/C15H12BrN.C2H6/c1-11-4-2-3-5-14(11)7-12-6-13(10-17)9-15(16)8-12;1-2/h2-6,8-9H,7H2,1H3;1-2H3. The fourth-order valence-electron chi connectivity index (χ4n) is 1.85. The van der Waals surface area contributed by atoms with Crippen molar-refractivity contribution >= 4 is 15.9 Å². The van der Waals surface area contributed by atoms with Crippen LogP contribution >= 0.6 is 15.9 Å². The maximum absolute atomic E-state index is 8.94. The van der Waals surface area contributed by atoms with Gasteiger partial charge in [-0.05, 0) is 48.2 Å². The van der Waals surface area contributed by atoms with Gasteiger partial charge in [-0.1, -0.05) is 54.0 Å². The molecule has 0 spiro atoms. The Labute approximate surface area is 124 Å². The molecule has 2 rings (SSSR count). The highest BCUT2D eigenvalue weighted by Crippen LogP contribution is 2.19. The number of halogens is 1. The van der Waals surface area contributed by atoms with E-state index in [0.29, 0.717) is 5.56 Å². The minimum atomic E-state index is 0.697. The summed E-state index contributed by atoms with van der Waals surface area (Å²) in [5.41, 5.74) is 4.44. The molecule has 2 heteroatoms. The third-order valence-corrected chi connectivity index (χ3v) is 3.20. The van der Waals surface area contributed by atoms with Gasteiger partial charge >= 0.3 is 0 Å². The van der Waals surface area contributed by atoms with Crippen molar-refractivity contribution in [2.45, 2.75) is 27.2 Å². The van der Waals surface area contributed by atoms with Gasteiger partial charge in [0.1, 0.15) is 0 Å². The highest BCUT2D eigenvalue weighted by atomic mass is 79.9. The number of hydrogen-bond acceptors (Lipinski definition) is 1. The average molecular weight is 316 g/mol. The van der Waals surface area contributed by atoms with Gasteiger partial charge in [0.15, 0.2) is 0 Å². The van der Waals surface area contributed by atoms with E-state index >= 15 is 0 Å². The van der Waals surface area contributed by atoms with E-state index in [0.717, 1.165) is 16.5 Å². The van der Waals surface area contributed by atoms with Gasteiger partial charge in [0.25, 0.3) is 0 Å². The maximum Gasteiger partial charge on any atom is 0.0992 e. The number of benzene rings is 2. The summed E-state index contributed by atoms with van der Waals surface area (Å²) in [7, 11) is 0. The monoisotopic (exact) mass is 315 g/mol. The Morgan fingerprint density at radius 2 is 1.79 bits per heavy atom. The molecular formula is C17H18BrN. The van der Waals surface area contributed by atoms with Crippen molar-refractivity contribution in [3.63, 3.8) is 0 Å². The van der Waals surface area contributed by atoms with Crippen molar-refractivity contribution < 1.29 is 0 Å². The van der Waals surface area contributed by atoms with Gasteiger partial charge in [0.05, 0.1) is 11.6 Å². The van der Waals surface area contributed by atoms with E-state index in [1.54, 1.807) is 0 Å². The number of aryl methyl sites for hydroxylation is 1. The molecule has 2 aromatic carbocycles. The molecule has 19 heavy (non-hydrogen) atoms. The Kier molecular flexibility index (Phi) is 6.32. The molecule has 0 saturated heterocycles. The lowest BCUT2D eigenvalue weighted by atomic mass is 9.99. The lowest BCUT2D eigenvalue weighted by Gasteiger charge is -2.06. The second-order valence-electron chi connectivity index (χ2n) is 4.06. The molecule has 0 aliphatic carbocycles. The van der Waals surface area contributed by atoms with Crippen molar-refractivity contribution in [3.05, 3.63) is 69.2 Å². The van der Waals surface area contributed by atoms with Crippen LogP contribution in [0.25, 0.3) is 0 Å². The summed E-state index contributed by atoms with van der Waals surface area (Å²) in [6.45, 7) is 6.11. The quantitative estimate of drug-likeness (QED) is 0.742. The Balaban J connectivity index is 0.000000861. The fraction of sp³-hybridized carbons (Fsp3) is 0.235. The van der Waals surface area contributed by atoms with Crippen LogP contribution in [-0.4, -0.2) is 0 Å². The molecule has 0 unspecified atom stereocenters. The summed E-state index contributed by atoms with van der Waals surface area (Å²) in [6, 6.07) is 16.3. The number of nitrogens with zero attached hydrogens (tertiary/aromatic N) is 1. The third-order valence-electron chi connectivity index (χ3n) is 2.74. The molecule has 0 saturated carbocycles. The van der Waals surface area contributed by atoms with Crippen molar-refractivity contribution in [3.8, 4) is 6.07 Å². The number of nitriles is 1. The summed E-state index contributed by atoms with van der Waals surface area (Å²) in [5, 5.41) is 8.94. The smallest absolute Gasteiger partial charge is 0.0992 e. The predicted molar refractivity (Wildman–Crippen MR) is 84.2 cm³/mol. The maximum atomic E-state index is 8.94. The molecule has 0 radical (unpaired) electrons. The van der Waals surface area contributed by atoms with Crippen LogP contribution in [0.4, 0.5) is 0 Å². The van der Waals surface area contributed by atoms with Crippen molar-refractivity contribution in [1.82, 2.24) is 0 Å². The average Bonchev–Trinajstić information content (AvgIpc) is 2.43. The zero-order valence-corrected chi connectivity index (χ0v) is 13.2. The minimum absolute atomic E-state index is 0.697. The summed E-state index contributed by atoms with van der Waals surface area (Å²) in [4.78, 5) is 0.